The zero-order valence-electron chi connectivity index (χ0n) is 6.28. The van der Waals surface area contributed by atoms with E-state index < -0.39 is 5.97 Å². The van der Waals surface area contributed by atoms with Gasteiger partial charge in [0.2, 0.25) is 0 Å². The molecule has 0 saturated heterocycles. The van der Waals surface area contributed by atoms with Crippen LogP contribution in [0.2, 0.25) is 0 Å². The Kier molecular flexibility index (Phi) is 1.91. The van der Waals surface area contributed by atoms with Crippen molar-refractivity contribution >= 4 is 39.6 Å². The van der Waals surface area contributed by atoms with Crippen molar-refractivity contribution in [1.29, 1.82) is 0 Å². The van der Waals surface area contributed by atoms with E-state index in [1.54, 1.807) is 6.20 Å². The first kappa shape index (κ1) is 8.42. The predicted molar refractivity (Wildman–Crippen MR) is 53.6 cm³/mol. The highest BCUT2D eigenvalue weighted by Crippen LogP contribution is 2.20. The van der Waals surface area contributed by atoms with Gasteiger partial charge in [-0.1, -0.05) is 0 Å². The van der Waals surface area contributed by atoms with Crippen molar-refractivity contribution in [1.82, 2.24) is 15.0 Å². The molecule has 0 spiro atoms. The fourth-order valence-electron chi connectivity index (χ4n) is 1.09. The van der Waals surface area contributed by atoms with Crippen LogP contribution in [0.3, 0.4) is 0 Å². The molecule has 13 heavy (non-hydrogen) atoms. The molecule has 0 aliphatic rings. The Bertz CT molecular complexity index is 480. The highest BCUT2D eigenvalue weighted by Gasteiger charge is 2.14. The summed E-state index contributed by atoms with van der Waals surface area (Å²) in [6.45, 7) is 0. The lowest BCUT2D eigenvalue weighted by atomic mass is 10.3. The second-order valence-electron chi connectivity index (χ2n) is 2.39. The zero-order valence-corrected chi connectivity index (χ0v) is 8.44. The largest absolute Gasteiger partial charge is 0.476 e. The SMILES string of the molecule is O=C(O)c1ncnc2[nH]cc(I)c12. The summed E-state index contributed by atoms with van der Waals surface area (Å²) >= 11 is 2.04. The average molecular weight is 289 g/mol. The molecule has 2 rings (SSSR count). The van der Waals surface area contributed by atoms with Crippen molar-refractivity contribution in [3.63, 3.8) is 0 Å². The van der Waals surface area contributed by atoms with E-state index in [1.165, 1.54) is 6.33 Å². The summed E-state index contributed by atoms with van der Waals surface area (Å²) in [6.07, 6.45) is 2.94. The maximum atomic E-state index is 10.8. The molecule has 2 N–H and O–H groups in total. The van der Waals surface area contributed by atoms with Crippen molar-refractivity contribution in [2.45, 2.75) is 0 Å². The van der Waals surface area contributed by atoms with Crippen LogP contribution in [0.4, 0.5) is 0 Å². The van der Waals surface area contributed by atoms with Crippen LogP contribution in [0.25, 0.3) is 11.0 Å². The molecule has 0 bridgehead atoms. The van der Waals surface area contributed by atoms with Crippen molar-refractivity contribution in [3.05, 3.63) is 21.8 Å². The summed E-state index contributed by atoms with van der Waals surface area (Å²) < 4.78 is 0.811. The highest BCUT2D eigenvalue weighted by atomic mass is 127. The lowest BCUT2D eigenvalue weighted by Gasteiger charge is -1.94. The number of nitrogens with one attached hydrogen (secondary N) is 1. The second kappa shape index (κ2) is 2.95. The third-order valence-electron chi connectivity index (χ3n) is 1.62. The quantitative estimate of drug-likeness (QED) is 0.775. The van der Waals surface area contributed by atoms with Crippen molar-refractivity contribution in [3.8, 4) is 0 Å². The van der Waals surface area contributed by atoms with Crippen LogP contribution in [0.1, 0.15) is 10.5 Å². The first-order valence-electron chi connectivity index (χ1n) is 3.41. The third kappa shape index (κ3) is 1.26. The maximum absolute atomic E-state index is 10.8. The highest BCUT2D eigenvalue weighted by molar-refractivity contribution is 14.1. The molecule has 6 heteroatoms. The molecule has 2 heterocycles. The van der Waals surface area contributed by atoms with Gasteiger partial charge in [-0.3, -0.25) is 0 Å². The molecule has 0 unspecified atom stereocenters. The van der Waals surface area contributed by atoms with E-state index in [9.17, 15) is 4.79 Å². The molecule has 0 atom stereocenters. The number of hydrogen-bond acceptors (Lipinski definition) is 3. The Balaban J connectivity index is 2.88. The van der Waals surface area contributed by atoms with Crippen LogP contribution >= 0.6 is 22.6 Å². The lowest BCUT2D eigenvalue weighted by Crippen LogP contribution is -2.01. The molecule has 2 aromatic rings. The van der Waals surface area contributed by atoms with Gasteiger partial charge in [-0.25, -0.2) is 14.8 Å². The number of aromatic carboxylic acids is 1. The van der Waals surface area contributed by atoms with E-state index in [4.69, 9.17) is 5.11 Å². The van der Waals surface area contributed by atoms with E-state index >= 15 is 0 Å². The van der Waals surface area contributed by atoms with E-state index in [2.05, 4.69) is 15.0 Å². The van der Waals surface area contributed by atoms with Crippen LogP contribution in [-0.2, 0) is 0 Å². The number of carboxylic acid groups (broad SMARTS) is 1. The average Bonchev–Trinajstić information content (AvgIpc) is 2.48. The molecule has 0 aromatic carbocycles. The van der Waals surface area contributed by atoms with Gasteiger partial charge in [0, 0.05) is 9.77 Å². The van der Waals surface area contributed by atoms with Crippen LogP contribution < -0.4 is 0 Å². The molecule has 0 fully saturated rings. The van der Waals surface area contributed by atoms with Crippen molar-refractivity contribution in [2.24, 2.45) is 0 Å². The standard InChI is InChI=1S/C7H4IN3O2/c8-3-1-9-6-4(3)5(7(12)13)10-2-11-6/h1-2H,(H,12,13)(H,9,10,11). The summed E-state index contributed by atoms with van der Waals surface area (Å²) in [5, 5.41) is 9.38. The number of fused-ring (bicyclic) bond motifs is 1. The number of hydrogen-bond donors (Lipinski definition) is 2. The van der Waals surface area contributed by atoms with E-state index in [1.807, 2.05) is 22.6 Å². The number of aromatic nitrogens is 3. The summed E-state index contributed by atoms with van der Waals surface area (Å²) in [7, 11) is 0. The van der Waals surface area contributed by atoms with Gasteiger partial charge < -0.3 is 10.1 Å². The molecular formula is C7H4IN3O2. The second-order valence-corrected chi connectivity index (χ2v) is 3.55. The Morgan fingerprint density at radius 2 is 2.31 bits per heavy atom. The number of aromatic amines is 1. The monoisotopic (exact) mass is 289 g/mol. The van der Waals surface area contributed by atoms with Gasteiger partial charge >= 0.3 is 5.97 Å². The molecule has 0 saturated carbocycles. The number of halogens is 1. The van der Waals surface area contributed by atoms with Gasteiger partial charge in [0.25, 0.3) is 0 Å². The summed E-state index contributed by atoms with van der Waals surface area (Å²) in [4.78, 5) is 21.2. The van der Waals surface area contributed by atoms with Gasteiger partial charge in [-0.05, 0) is 22.6 Å². The molecule has 0 aliphatic heterocycles. The molecule has 66 valence electrons. The Morgan fingerprint density at radius 3 is 3.00 bits per heavy atom. The van der Waals surface area contributed by atoms with Gasteiger partial charge in [-0.15, -0.1) is 0 Å². The minimum absolute atomic E-state index is 0.0376. The molecule has 2 aromatic heterocycles. The van der Waals surface area contributed by atoms with E-state index in [0.29, 0.717) is 11.0 Å². The van der Waals surface area contributed by atoms with Crippen molar-refractivity contribution in [2.75, 3.05) is 0 Å². The van der Waals surface area contributed by atoms with Crippen LogP contribution in [0.5, 0.6) is 0 Å². The number of rotatable bonds is 1. The molecule has 0 amide bonds. The third-order valence-corrected chi connectivity index (χ3v) is 2.48. The first-order chi connectivity index (χ1) is 6.20. The molecule has 5 nitrogen and oxygen atoms in total. The fourth-order valence-corrected chi connectivity index (χ4v) is 1.75. The number of carboxylic acids is 1. The minimum Gasteiger partial charge on any atom is -0.476 e. The van der Waals surface area contributed by atoms with Crippen LogP contribution in [0, 0.1) is 3.57 Å². The summed E-state index contributed by atoms with van der Waals surface area (Å²) in [6, 6.07) is 0. The number of nitrogens with zero attached hydrogens (tertiary/aromatic N) is 2. The van der Waals surface area contributed by atoms with Crippen LogP contribution in [-0.4, -0.2) is 26.0 Å². The lowest BCUT2D eigenvalue weighted by molar-refractivity contribution is 0.0692. The normalized spacial score (nSPS) is 10.5. The first-order valence-corrected chi connectivity index (χ1v) is 4.49. The summed E-state index contributed by atoms with van der Waals surface area (Å²) in [5.74, 6) is -1.04. The van der Waals surface area contributed by atoms with Gasteiger partial charge in [-0.2, -0.15) is 0 Å². The number of H-pyrrole nitrogens is 1. The predicted octanol–water partition coefficient (Wildman–Crippen LogP) is 1.26. The topological polar surface area (TPSA) is 78.9 Å². The van der Waals surface area contributed by atoms with E-state index in [-0.39, 0.29) is 5.69 Å². The fraction of sp³-hybridized carbons (Fsp3) is 0. The Hall–Kier alpha value is -1.18. The Labute approximate surface area is 86.3 Å². The van der Waals surface area contributed by atoms with Gasteiger partial charge in [0.15, 0.2) is 5.69 Å². The molecule has 0 aliphatic carbocycles. The Morgan fingerprint density at radius 1 is 1.54 bits per heavy atom. The van der Waals surface area contributed by atoms with Crippen molar-refractivity contribution < 1.29 is 9.90 Å². The van der Waals surface area contributed by atoms with Crippen LogP contribution in [0.15, 0.2) is 12.5 Å². The minimum atomic E-state index is -1.04. The zero-order chi connectivity index (χ0) is 9.42. The molecular weight excluding hydrogens is 285 g/mol. The van der Waals surface area contributed by atoms with E-state index in [0.717, 1.165) is 3.57 Å². The van der Waals surface area contributed by atoms with Gasteiger partial charge in [0.05, 0.1) is 5.39 Å². The smallest absolute Gasteiger partial charge is 0.355 e. The summed E-state index contributed by atoms with van der Waals surface area (Å²) in [5.41, 5.74) is 0.590. The maximum Gasteiger partial charge on any atom is 0.355 e. The molecule has 0 radical (unpaired) electrons. The number of carbonyl (C=O) groups is 1. The van der Waals surface area contributed by atoms with Gasteiger partial charge in [0.1, 0.15) is 12.0 Å².